The number of carbonyl (C=O) groups is 2. The largest absolute Gasteiger partial charge is 0.493 e. The van der Waals surface area contributed by atoms with Gasteiger partial charge < -0.3 is 24.6 Å². The predicted octanol–water partition coefficient (Wildman–Crippen LogP) is 8.12. The summed E-state index contributed by atoms with van der Waals surface area (Å²) < 4.78 is 11.0. The van der Waals surface area contributed by atoms with Crippen LogP contribution in [0.3, 0.4) is 0 Å². The molecule has 2 bridgehead atoms. The quantitative estimate of drug-likeness (QED) is 0.226. The fourth-order valence-electron chi connectivity index (χ4n) is 12.8. The fraction of sp³-hybridized carbons (Fsp3) is 0.644. The number of aliphatic hydroxyl groups is 2. The third kappa shape index (κ3) is 5.70. The van der Waals surface area contributed by atoms with Gasteiger partial charge in [-0.25, -0.2) is 0 Å². The number of methoxy groups -OCH3 is 2. The zero-order valence-electron chi connectivity index (χ0n) is 32.2. The van der Waals surface area contributed by atoms with Crippen LogP contribution in [0.15, 0.2) is 59.5 Å². The summed E-state index contributed by atoms with van der Waals surface area (Å²) in [7, 11) is 3.21. The molecular formula is C45H59NO6S. The molecule has 7 nitrogen and oxygen atoms in total. The van der Waals surface area contributed by atoms with E-state index in [4.69, 9.17) is 9.47 Å². The van der Waals surface area contributed by atoms with Crippen molar-refractivity contribution in [1.82, 2.24) is 4.90 Å². The molecule has 1 unspecified atom stereocenters. The fourth-order valence-corrected chi connectivity index (χ4v) is 13.5. The molecule has 1 heterocycles. The molecule has 0 radical (unpaired) electrons. The van der Waals surface area contributed by atoms with Gasteiger partial charge in [-0.1, -0.05) is 63.5 Å². The number of carbonyl (C=O) groups excluding carboxylic acids is 2. The molecule has 2 N–H and O–H groups in total. The molecule has 1 amide bonds. The number of amides is 1. The lowest BCUT2D eigenvalue weighted by Gasteiger charge is -2.71. The number of aliphatic hydroxyl groups excluding tert-OH is 1. The Hall–Kier alpha value is -2.94. The standard InChI is InChI=1S/C45H59NO6S/c1-41-18-14-32(47)27-43(41)21-22-45(34(28-43)40(49)31-9-6-5-7-10-31)37(41)15-19-42(2)38(45)16-20-44(42,50)29-46(23-17-33-11-8-24-53-33)39(48)26-30-12-13-35(51-3)36(25-30)52-4/h8,11-13,21-22,24-25,28,31-32,37-38,47,50H,5-7,9-10,14-20,23,26-27,29H2,1-4H3/t32?,37-,38-,41-,42+,43+,44-,45-/m1/s1. The second kappa shape index (κ2) is 13.7. The molecule has 0 aliphatic heterocycles. The highest BCUT2D eigenvalue weighted by molar-refractivity contribution is 7.09. The molecule has 4 saturated carbocycles. The Bertz CT molecular complexity index is 1780. The van der Waals surface area contributed by atoms with Gasteiger partial charge in [0.15, 0.2) is 17.3 Å². The summed E-state index contributed by atoms with van der Waals surface area (Å²) in [4.78, 5) is 32.4. The van der Waals surface area contributed by atoms with Crippen LogP contribution in [0.2, 0.25) is 0 Å². The van der Waals surface area contributed by atoms with Crippen molar-refractivity contribution in [3.63, 3.8) is 0 Å². The third-order valence-corrected chi connectivity index (χ3v) is 16.7. The summed E-state index contributed by atoms with van der Waals surface area (Å²) in [5, 5.41) is 26.3. The van der Waals surface area contributed by atoms with Crippen molar-refractivity contribution in [2.45, 2.75) is 115 Å². The molecule has 9 rings (SSSR count). The third-order valence-electron chi connectivity index (χ3n) is 15.8. The Morgan fingerprint density at radius 2 is 1.64 bits per heavy atom. The van der Waals surface area contributed by atoms with E-state index in [1.165, 1.54) is 11.3 Å². The minimum absolute atomic E-state index is 0.0116. The highest BCUT2D eigenvalue weighted by Gasteiger charge is 2.74. The zero-order chi connectivity index (χ0) is 37.2. The molecule has 8 heteroatoms. The molecule has 286 valence electrons. The van der Waals surface area contributed by atoms with E-state index in [2.05, 4.69) is 43.5 Å². The molecule has 0 saturated heterocycles. The minimum Gasteiger partial charge on any atom is -0.493 e. The number of ether oxygens (including phenoxy) is 2. The summed E-state index contributed by atoms with van der Waals surface area (Å²) in [6.45, 7) is 5.53. The van der Waals surface area contributed by atoms with E-state index in [0.29, 0.717) is 36.7 Å². The van der Waals surface area contributed by atoms with Crippen molar-refractivity contribution >= 4 is 23.0 Å². The number of hydrogen-bond acceptors (Lipinski definition) is 7. The lowest BCUT2D eigenvalue weighted by molar-refractivity contribution is -0.181. The van der Waals surface area contributed by atoms with Gasteiger partial charge in [-0.3, -0.25) is 9.59 Å². The van der Waals surface area contributed by atoms with Crippen LogP contribution in [0.25, 0.3) is 0 Å². The topological polar surface area (TPSA) is 96.3 Å². The van der Waals surface area contributed by atoms with Crippen molar-refractivity contribution in [1.29, 1.82) is 0 Å². The summed E-state index contributed by atoms with van der Waals surface area (Å²) in [6.07, 6.45) is 18.7. The number of ketones is 1. The molecule has 1 aromatic heterocycles. The van der Waals surface area contributed by atoms with Gasteiger partial charge in [0.1, 0.15) is 0 Å². The van der Waals surface area contributed by atoms with E-state index in [-0.39, 0.29) is 53.6 Å². The number of Topliss-reactive ketones (excluding diaryl/α,β-unsaturated/α-hetero) is 1. The van der Waals surface area contributed by atoms with Crippen LogP contribution >= 0.6 is 11.3 Å². The SMILES string of the molecule is COc1ccc(CC(=O)N(CCc2cccs2)C[C@]2(O)CC[C@H]3[C@]45C=C[C@@]6(C=C4C(=O)C4CCCCC4)CC(O)CC[C@]6(C)[C@H]5CC[C@@]32C)cc1OC. The summed E-state index contributed by atoms with van der Waals surface area (Å²) >= 11 is 1.70. The molecular weight excluding hydrogens is 683 g/mol. The van der Waals surface area contributed by atoms with E-state index >= 15 is 0 Å². The average Bonchev–Trinajstić information content (AvgIpc) is 3.78. The predicted molar refractivity (Wildman–Crippen MR) is 208 cm³/mol. The van der Waals surface area contributed by atoms with Crippen molar-refractivity contribution in [3.8, 4) is 11.5 Å². The molecule has 2 spiro atoms. The summed E-state index contributed by atoms with van der Waals surface area (Å²) in [5.41, 5.74) is -0.570. The van der Waals surface area contributed by atoms with Crippen molar-refractivity contribution in [2.24, 2.45) is 39.4 Å². The smallest absolute Gasteiger partial charge is 0.227 e. The van der Waals surface area contributed by atoms with Gasteiger partial charge in [-0.2, -0.15) is 0 Å². The molecule has 2 aromatic rings. The van der Waals surface area contributed by atoms with Gasteiger partial charge in [0.25, 0.3) is 0 Å². The first-order chi connectivity index (χ1) is 25.4. The number of hydrogen-bond donors (Lipinski definition) is 2. The first kappa shape index (κ1) is 37.0. The van der Waals surface area contributed by atoms with E-state index in [9.17, 15) is 19.8 Å². The molecule has 7 aliphatic carbocycles. The maximum absolute atomic E-state index is 14.9. The number of fused-ring (bicyclic) bond motifs is 1. The van der Waals surface area contributed by atoms with Gasteiger partial charge in [0, 0.05) is 45.7 Å². The monoisotopic (exact) mass is 741 g/mol. The van der Waals surface area contributed by atoms with Crippen LogP contribution < -0.4 is 9.47 Å². The molecule has 1 aromatic carbocycles. The minimum atomic E-state index is -1.11. The van der Waals surface area contributed by atoms with Gasteiger partial charge in [-0.05, 0) is 111 Å². The van der Waals surface area contributed by atoms with Gasteiger partial charge in [-0.15, -0.1) is 11.3 Å². The first-order valence-corrected chi connectivity index (χ1v) is 21.2. The van der Waals surface area contributed by atoms with Crippen molar-refractivity contribution < 1.29 is 29.3 Å². The van der Waals surface area contributed by atoms with Crippen LogP contribution in [-0.4, -0.2) is 65.8 Å². The van der Waals surface area contributed by atoms with Crippen LogP contribution in [0.4, 0.5) is 0 Å². The number of allylic oxidation sites excluding steroid dienone is 4. The normalized spacial score (nSPS) is 37.3. The van der Waals surface area contributed by atoms with E-state index < -0.39 is 16.4 Å². The molecule has 4 fully saturated rings. The number of nitrogens with zero attached hydrogens (tertiary/aromatic N) is 1. The van der Waals surface area contributed by atoms with Gasteiger partial charge >= 0.3 is 0 Å². The Labute approximate surface area is 319 Å². The van der Waals surface area contributed by atoms with Gasteiger partial charge in [0.05, 0.1) is 32.3 Å². The number of benzene rings is 1. The number of rotatable bonds is 11. The van der Waals surface area contributed by atoms with Crippen LogP contribution in [0, 0.1) is 39.4 Å². The highest BCUT2D eigenvalue weighted by Crippen LogP contribution is 2.78. The Balaban J connectivity index is 1.14. The number of thiophene rings is 1. The van der Waals surface area contributed by atoms with E-state index in [1.807, 2.05) is 29.2 Å². The summed E-state index contributed by atoms with van der Waals surface area (Å²) in [5.74, 6) is 1.96. The average molecular weight is 742 g/mol. The molecule has 53 heavy (non-hydrogen) atoms. The van der Waals surface area contributed by atoms with Crippen LogP contribution in [-0.2, 0) is 22.4 Å². The Morgan fingerprint density at radius 1 is 0.906 bits per heavy atom. The maximum Gasteiger partial charge on any atom is 0.227 e. The molecule has 8 atom stereocenters. The lowest BCUT2D eigenvalue weighted by Crippen LogP contribution is -2.67. The van der Waals surface area contributed by atoms with Crippen LogP contribution in [0.5, 0.6) is 11.5 Å². The Kier molecular flexibility index (Phi) is 9.54. The zero-order valence-corrected chi connectivity index (χ0v) is 33.0. The summed E-state index contributed by atoms with van der Waals surface area (Å²) in [6, 6.07) is 9.79. The molecule has 7 aliphatic rings. The van der Waals surface area contributed by atoms with Crippen molar-refractivity contribution in [2.75, 3.05) is 27.3 Å². The highest BCUT2D eigenvalue weighted by atomic mass is 32.1. The second-order valence-corrected chi connectivity index (χ2v) is 19.1. The van der Waals surface area contributed by atoms with Crippen LogP contribution in [0.1, 0.15) is 101 Å². The first-order valence-electron chi connectivity index (χ1n) is 20.3. The maximum atomic E-state index is 14.9. The van der Waals surface area contributed by atoms with Crippen molar-refractivity contribution in [3.05, 3.63) is 70.0 Å². The second-order valence-electron chi connectivity index (χ2n) is 18.0. The Morgan fingerprint density at radius 3 is 2.38 bits per heavy atom. The van der Waals surface area contributed by atoms with E-state index in [0.717, 1.165) is 75.3 Å². The van der Waals surface area contributed by atoms with E-state index in [1.54, 1.807) is 25.6 Å². The van der Waals surface area contributed by atoms with Gasteiger partial charge in [0.2, 0.25) is 5.91 Å². The lowest BCUT2D eigenvalue weighted by atomic mass is 9.32.